The number of nitrogens with zero attached hydrogens (tertiary/aromatic N) is 4. The molecule has 0 spiro atoms. The highest BCUT2D eigenvalue weighted by molar-refractivity contribution is 7.54. The first-order valence-corrected chi connectivity index (χ1v) is 10.7. The molecular formula is C17H24N5O6P. The van der Waals surface area contributed by atoms with Gasteiger partial charge in [-0.05, 0) is 12.8 Å². The number of methoxy groups -OCH3 is 1. The Morgan fingerprint density at radius 3 is 2.72 bits per heavy atom. The number of nitrogens with two attached hydrogens (primary N) is 1. The third-order valence-corrected chi connectivity index (χ3v) is 7.29. The summed E-state index contributed by atoms with van der Waals surface area (Å²) in [4.78, 5) is 34.3. The zero-order valence-electron chi connectivity index (χ0n) is 16.4. The summed E-state index contributed by atoms with van der Waals surface area (Å²) < 4.78 is 29.7. The molecule has 3 N–H and O–H groups in total. The highest BCUT2D eigenvalue weighted by Gasteiger charge is 2.51. The maximum Gasteiger partial charge on any atom is 0.514 e. The maximum absolute atomic E-state index is 12.8. The van der Waals surface area contributed by atoms with Crippen LogP contribution in [0.2, 0.25) is 0 Å². The van der Waals surface area contributed by atoms with Gasteiger partial charge in [0, 0.05) is 6.42 Å². The number of allylic oxidation sites excluding steroid dienone is 1. The molecule has 1 unspecified atom stereocenters. The normalized spacial score (nSPS) is 21.2. The molecule has 0 fully saturated rings. The Kier molecular flexibility index (Phi) is 5.92. The summed E-state index contributed by atoms with van der Waals surface area (Å²) in [5, 5.41) is -1.55. The summed E-state index contributed by atoms with van der Waals surface area (Å²) in [6, 6.07) is -0.134. The molecule has 1 aliphatic carbocycles. The van der Waals surface area contributed by atoms with Crippen molar-refractivity contribution in [1.29, 1.82) is 0 Å². The molecule has 3 rings (SSSR count). The van der Waals surface area contributed by atoms with Gasteiger partial charge in [-0.2, -0.15) is 0 Å². The van der Waals surface area contributed by atoms with E-state index in [1.807, 2.05) is 10.6 Å². The van der Waals surface area contributed by atoms with E-state index in [4.69, 9.17) is 10.5 Å². The van der Waals surface area contributed by atoms with Crippen molar-refractivity contribution < 1.29 is 28.3 Å². The number of hydrogen-bond donors (Lipinski definition) is 2. The molecule has 0 radical (unpaired) electrons. The molecule has 0 aromatic carbocycles. The summed E-state index contributed by atoms with van der Waals surface area (Å²) >= 11 is 0. The molecular weight excluding hydrogens is 401 g/mol. The van der Waals surface area contributed by atoms with Gasteiger partial charge in [0.25, 0.3) is 0 Å². The van der Waals surface area contributed by atoms with Crippen molar-refractivity contribution in [3.63, 3.8) is 0 Å². The highest BCUT2D eigenvalue weighted by atomic mass is 31.2. The molecule has 3 atom stereocenters. The summed E-state index contributed by atoms with van der Waals surface area (Å²) in [6.45, 7) is 3.40. The Morgan fingerprint density at radius 2 is 2.07 bits per heavy atom. The van der Waals surface area contributed by atoms with Crippen molar-refractivity contribution in [3.05, 3.63) is 24.8 Å². The average molecular weight is 425 g/mol. The van der Waals surface area contributed by atoms with Crippen molar-refractivity contribution >= 4 is 30.7 Å². The lowest BCUT2D eigenvalue weighted by Crippen LogP contribution is -2.36. The Morgan fingerprint density at radius 1 is 1.34 bits per heavy atom. The zero-order chi connectivity index (χ0) is 21.2. The van der Waals surface area contributed by atoms with Gasteiger partial charge in [-0.3, -0.25) is 0 Å². The van der Waals surface area contributed by atoms with Gasteiger partial charge < -0.3 is 29.2 Å². The first-order valence-electron chi connectivity index (χ1n) is 9.16. The SMILES string of the molecule is CCC(CC)(O[C@H]1C=C[C@@H](n2cnc3c(N)ncnc32)C1)P(=O)(O)OC(=O)OC. The second-order valence-corrected chi connectivity index (χ2v) is 8.68. The summed E-state index contributed by atoms with van der Waals surface area (Å²) in [5.74, 6) is 0.292. The lowest BCUT2D eigenvalue weighted by Gasteiger charge is -2.36. The minimum atomic E-state index is -4.47. The van der Waals surface area contributed by atoms with Crippen LogP contribution in [0.5, 0.6) is 0 Å². The molecule has 11 nitrogen and oxygen atoms in total. The van der Waals surface area contributed by atoms with E-state index < -0.39 is 25.2 Å². The van der Waals surface area contributed by atoms with Crippen molar-refractivity contribution in [3.8, 4) is 0 Å². The van der Waals surface area contributed by atoms with Crippen molar-refractivity contribution in [2.24, 2.45) is 0 Å². The van der Waals surface area contributed by atoms with E-state index in [-0.39, 0.29) is 18.9 Å². The van der Waals surface area contributed by atoms with Crippen LogP contribution in [0.25, 0.3) is 11.2 Å². The molecule has 12 heteroatoms. The molecule has 158 valence electrons. The second kappa shape index (κ2) is 8.10. The van der Waals surface area contributed by atoms with E-state index in [0.29, 0.717) is 23.4 Å². The topological polar surface area (TPSA) is 152 Å². The number of nitrogen functional groups attached to an aromatic ring is 1. The second-order valence-electron chi connectivity index (χ2n) is 6.65. The molecule has 2 heterocycles. The first-order chi connectivity index (χ1) is 13.8. The van der Waals surface area contributed by atoms with Crippen molar-refractivity contribution in [1.82, 2.24) is 19.5 Å². The largest absolute Gasteiger partial charge is 0.514 e. The zero-order valence-corrected chi connectivity index (χ0v) is 17.3. The monoisotopic (exact) mass is 425 g/mol. The number of rotatable bonds is 7. The fourth-order valence-electron chi connectivity index (χ4n) is 3.44. The molecule has 0 saturated carbocycles. The third-order valence-electron chi connectivity index (χ3n) is 5.12. The molecule has 0 saturated heterocycles. The van der Waals surface area contributed by atoms with Crippen molar-refractivity contribution in [2.75, 3.05) is 12.8 Å². The lowest BCUT2D eigenvalue weighted by atomic mass is 10.2. The number of ether oxygens (including phenoxy) is 2. The van der Waals surface area contributed by atoms with Crippen LogP contribution in [-0.4, -0.2) is 49.1 Å². The van der Waals surface area contributed by atoms with Gasteiger partial charge in [0.15, 0.2) is 16.8 Å². The quantitative estimate of drug-likeness (QED) is 0.385. The third kappa shape index (κ3) is 3.85. The Labute approximate surface area is 167 Å². The predicted octanol–water partition coefficient (Wildman–Crippen LogP) is 2.78. The number of imidazole rings is 1. The molecule has 0 bridgehead atoms. The maximum atomic E-state index is 12.8. The van der Waals surface area contributed by atoms with E-state index in [1.54, 1.807) is 26.3 Å². The van der Waals surface area contributed by atoms with E-state index in [9.17, 15) is 14.3 Å². The standard InChI is InChI=1S/C17H24N5O6P/c1-4-17(5-2,29(24,25)28-16(23)26-3)27-12-7-6-11(8-12)22-10-21-13-14(18)19-9-20-15(13)22/h6-7,9-12H,4-5,8H2,1-3H3,(H,24,25)(H2,18,19,20)/t11-,12+/m1/s1. The van der Waals surface area contributed by atoms with Gasteiger partial charge in [0.2, 0.25) is 0 Å². The van der Waals surface area contributed by atoms with E-state index in [1.165, 1.54) is 6.33 Å². The number of fused-ring (bicyclic) bond motifs is 1. The average Bonchev–Trinajstić information content (AvgIpc) is 3.32. The molecule has 2 aromatic heterocycles. The minimum absolute atomic E-state index is 0.134. The molecule has 1 aliphatic rings. The molecule has 29 heavy (non-hydrogen) atoms. The van der Waals surface area contributed by atoms with Gasteiger partial charge in [0.1, 0.15) is 11.8 Å². The van der Waals surface area contributed by atoms with Gasteiger partial charge in [0.05, 0.1) is 25.6 Å². The Balaban J connectivity index is 1.79. The number of aromatic nitrogens is 4. The number of carbonyl (C=O) groups excluding carboxylic acids is 1. The van der Waals surface area contributed by atoms with Crippen LogP contribution < -0.4 is 5.73 Å². The van der Waals surface area contributed by atoms with Crippen LogP contribution in [0, 0.1) is 0 Å². The number of hydrogen-bond acceptors (Lipinski definition) is 9. The van der Waals surface area contributed by atoms with E-state index in [2.05, 4.69) is 24.2 Å². The van der Waals surface area contributed by atoms with E-state index in [0.717, 1.165) is 7.11 Å². The van der Waals surface area contributed by atoms with E-state index >= 15 is 0 Å². The van der Waals surface area contributed by atoms with Crippen LogP contribution in [-0.2, 0) is 18.6 Å². The van der Waals surface area contributed by atoms with Gasteiger partial charge in [-0.1, -0.05) is 26.0 Å². The number of carbonyl (C=O) groups is 1. The van der Waals surface area contributed by atoms with Crippen LogP contribution in [0.1, 0.15) is 39.2 Å². The van der Waals surface area contributed by atoms with Gasteiger partial charge in [-0.15, -0.1) is 0 Å². The van der Waals surface area contributed by atoms with Crippen LogP contribution in [0.4, 0.5) is 10.6 Å². The predicted molar refractivity (Wildman–Crippen MR) is 104 cm³/mol. The van der Waals surface area contributed by atoms with Crippen LogP contribution in [0.15, 0.2) is 24.8 Å². The highest BCUT2D eigenvalue weighted by Crippen LogP contribution is 2.60. The Hall–Kier alpha value is -2.49. The minimum Gasteiger partial charge on any atom is -0.437 e. The molecule has 2 aromatic rings. The van der Waals surface area contributed by atoms with Crippen molar-refractivity contribution in [2.45, 2.75) is 50.6 Å². The number of anilines is 1. The summed E-state index contributed by atoms with van der Waals surface area (Å²) in [7, 11) is -3.40. The fraction of sp³-hybridized carbons (Fsp3) is 0.529. The molecule has 0 amide bonds. The first kappa shape index (κ1) is 21.2. The van der Waals surface area contributed by atoms with Crippen LogP contribution >= 0.6 is 7.60 Å². The molecule has 0 aliphatic heterocycles. The Bertz CT molecular complexity index is 972. The summed E-state index contributed by atoms with van der Waals surface area (Å²) in [5.41, 5.74) is 6.93. The van der Waals surface area contributed by atoms with Gasteiger partial charge in [-0.25, -0.2) is 24.3 Å². The smallest absolute Gasteiger partial charge is 0.437 e. The summed E-state index contributed by atoms with van der Waals surface area (Å²) in [6.07, 6.45) is 5.82. The lowest BCUT2D eigenvalue weighted by molar-refractivity contribution is -0.0433. The van der Waals surface area contributed by atoms with Gasteiger partial charge >= 0.3 is 13.8 Å². The van der Waals surface area contributed by atoms with Crippen LogP contribution in [0.3, 0.4) is 0 Å². The fourth-order valence-corrected chi connectivity index (χ4v) is 4.95.